The second-order valence-electron chi connectivity index (χ2n) is 6.64. The SMILES string of the molecule is CC(C)c1ccc(C2CC2[C@H](C)c2ccccc2)cc1Cl. The molecule has 1 saturated carbocycles. The van der Waals surface area contributed by atoms with Crippen LogP contribution in [0.4, 0.5) is 0 Å². The Bertz CT molecular complexity index is 615. The van der Waals surface area contributed by atoms with Gasteiger partial charge in [-0.1, -0.05) is 74.8 Å². The predicted octanol–water partition coefficient (Wildman–Crippen LogP) is 6.37. The fraction of sp³-hybridized carbons (Fsp3) is 0.400. The summed E-state index contributed by atoms with van der Waals surface area (Å²) in [6, 6.07) is 17.5. The van der Waals surface area contributed by atoms with Crippen LogP contribution in [0.5, 0.6) is 0 Å². The predicted molar refractivity (Wildman–Crippen MR) is 91.2 cm³/mol. The maximum atomic E-state index is 6.44. The first-order valence-corrected chi connectivity index (χ1v) is 8.30. The molecule has 1 aliphatic rings. The summed E-state index contributed by atoms with van der Waals surface area (Å²) in [6.45, 7) is 6.74. The van der Waals surface area contributed by atoms with Crippen LogP contribution in [0.1, 0.15) is 61.6 Å². The quantitative estimate of drug-likeness (QED) is 0.615. The van der Waals surface area contributed by atoms with Crippen LogP contribution in [0, 0.1) is 5.92 Å². The number of hydrogen-bond acceptors (Lipinski definition) is 0. The average molecular weight is 299 g/mol. The maximum Gasteiger partial charge on any atom is 0.0443 e. The molecule has 0 saturated heterocycles. The van der Waals surface area contributed by atoms with E-state index in [9.17, 15) is 0 Å². The fourth-order valence-corrected chi connectivity index (χ4v) is 3.80. The summed E-state index contributed by atoms with van der Waals surface area (Å²) >= 11 is 6.44. The lowest BCUT2D eigenvalue weighted by atomic mass is 9.93. The van der Waals surface area contributed by atoms with Gasteiger partial charge in [-0.05, 0) is 52.8 Å². The fourth-order valence-electron chi connectivity index (χ4n) is 3.40. The van der Waals surface area contributed by atoms with Gasteiger partial charge in [0, 0.05) is 5.02 Å². The van der Waals surface area contributed by atoms with E-state index in [1.807, 2.05) is 0 Å². The molecule has 0 amide bonds. The Labute approximate surface area is 133 Å². The van der Waals surface area contributed by atoms with Gasteiger partial charge in [0.15, 0.2) is 0 Å². The van der Waals surface area contributed by atoms with E-state index in [1.54, 1.807) is 0 Å². The van der Waals surface area contributed by atoms with Crippen LogP contribution in [-0.2, 0) is 0 Å². The van der Waals surface area contributed by atoms with Crippen molar-refractivity contribution in [2.75, 3.05) is 0 Å². The molecule has 0 bridgehead atoms. The van der Waals surface area contributed by atoms with Crippen LogP contribution in [0.2, 0.25) is 5.02 Å². The number of hydrogen-bond donors (Lipinski definition) is 0. The standard InChI is InChI=1S/C20H23Cl/c1-13(2)17-10-9-16(11-20(17)21)19-12-18(19)14(3)15-7-5-4-6-8-15/h4-11,13-14,18-19H,12H2,1-3H3/t14-,18?,19?/m1/s1. The third-order valence-corrected chi connectivity index (χ3v) is 5.21. The highest BCUT2D eigenvalue weighted by atomic mass is 35.5. The van der Waals surface area contributed by atoms with E-state index in [0.29, 0.717) is 17.8 Å². The van der Waals surface area contributed by atoms with Crippen LogP contribution in [0.15, 0.2) is 48.5 Å². The summed E-state index contributed by atoms with van der Waals surface area (Å²) in [6.07, 6.45) is 1.29. The molecule has 2 aromatic rings. The summed E-state index contributed by atoms with van der Waals surface area (Å²) in [4.78, 5) is 0. The van der Waals surface area contributed by atoms with Gasteiger partial charge in [-0.25, -0.2) is 0 Å². The van der Waals surface area contributed by atoms with Crippen LogP contribution in [-0.4, -0.2) is 0 Å². The number of benzene rings is 2. The topological polar surface area (TPSA) is 0 Å². The molecule has 2 unspecified atom stereocenters. The van der Waals surface area contributed by atoms with Crippen molar-refractivity contribution in [2.24, 2.45) is 5.92 Å². The Morgan fingerprint density at radius 1 is 1.00 bits per heavy atom. The largest absolute Gasteiger partial charge is 0.0840 e. The molecule has 2 aromatic carbocycles. The Balaban J connectivity index is 1.75. The lowest BCUT2D eigenvalue weighted by Gasteiger charge is -2.13. The van der Waals surface area contributed by atoms with Gasteiger partial charge in [0.05, 0.1) is 0 Å². The molecule has 0 radical (unpaired) electrons. The van der Waals surface area contributed by atoms with Crippen molar-refractivity contribution in [3.8, 4) is 0 Å². The molecular weight excluding hydrogens is 276 g/mol. The molecular formula is C20H23Cl. The molecule has 0 heterocycles. The summed E-state index contributed by atoms with van der Waals surface area (Å²) in [7, 11) is 0. The first-order valence-electron chi connectivity index (χ1n) is 7.92. The minimum absolute atomic E-state index is 0.491. The van der Waals surface area contributed by atoms with Crippen molar-refractivity contribution in [1.82, 2.24) is 0 Å². The van der Waals surface area contributed by atoms with Gasteiger partial charge in [0.2, 0.25) is 0 Å². The van der Waals surface area contributed by atoms with E-state index >= 15 is 0 Å². The number of halogens is 1. The van der Waals surface area contributed by atoms with Crippen LogP contribution >= 0.6 is 11.6 Å². The highest BCUT2D eigenvalue weighted by molar-refractivity contribution is 6.31. The van der Waals surface area contributed by atoms with Crippen molar-refractivity contribution in [3.05, 3.63) is 70.2 Å². The van der Waals surface area contributed by atoms with E-state index in [0.717, 1.165) is 10.9 Å². The average Bonchev–Trinajstić information content (AvgIpc) is 3.27. The Kier molecular flexibility index (Phi) is 4.08. The minimum atomic E-state index is 0.491. The zero-order valence-corrected chi connectivity index (χ0v) is 13.8. The molecule has 0 spiro atoms. The van der Waals surface area contributed by atoms with Gasteiger partial charge in [0.25, 0.3) is 0 Å². The zero-order valence-electron chi connectivity index (χ0n) is 13.0. The normalized spacial score (nSPS) is 22.3. The molecule has 0 N–H and O–H groups in total. The van der Waals surface area contributed by atoms with Gasteiger partial charge >= 0.3 is 0 Å². The van der Waals surface area contributed by atoms with Crippen LogP contribution in [0.3, 0.4) is 0 Å². The van der Waals surface area contributed by atoms with E-state index in [4.69, 9.17) is 11.6 Å². The van der Waals surface area contributed by atoms with Crippen molar-refractivity contribution < 1.29 is 0 Å². The molecule has 1 heteroatoms. The molecule has 0 aromatic heterocycles. The minimum Gasteiger partial charge on any atom is -0.0840 e. The summed E-state index contributed by atoms with van der Waals surface area (Å²) < 4.78 is 0. The maximum absolute atomic E-state index is 6.44. The molecule has 110 valence electrons. The third kappa shape index (κ3) is 3.01. The second kappa shape index (κ2) is 5.85. The first-order chi connectivity index (χ1) is 10.1. The zero-order chi connectivity index (χ0) is 15.0. The van der Waals surface area contributed by atoms with Crippen LogP contribution in [0.25, 0.3) is 0 Å². The second-order valence-corrected chi connectivity index (χ2v) is 7.05. The van der Waals surface area contributed by atoms with Gasteiger partial charge in [-0.2, -0.15) is 0 Å². The van der Waals surface area contributed by atoms with Gasteiger partial charge in [0.1, 0.15) is 0 Å². The summed E-state index contributed by atoms with van der Waals surface area (Å²) in [5.74, 6) is 2.55. The molecule has 0 aliphatic heterocycles. The first kappa shape index (κ1) is 14.7. The van der Waals surface area contributed by atoms with E-state index in [1.165, 1.54) is 23.1 Å². The Morgan fingerprint density at radius 2 is 1.71 bits per heavy atom. The van der Waals surface area contributed by atoms with Crippen molar-refractivity contribution >= 4 is 11.6 Å². The van der Waals surface area contributed by atoms with Gasteiger partial charge in [-0.3, -0.25) is 0 Å². The molecule has 21 heavy (non-hydrogen) atoms. The Hall–Kier alpha value is -1.27. The highest BCUT2D eigenvalue weighted by Gasteiger charge is 2.42. The van der Waals surface area contributed by atoms with Crippen molar-refractivity contribution in [3.63, 3.8) is 0 Å². The monoisotopic (exact) mass is 298 g/mol. The van der Waals surface area contributed by atoms with E-state index in [-0.39, 0.29) is 0 Å². The Morgan fingerprint density at radius 3 is 2.33 bits per heavy atom. The molecule has 0 nitrogen and oxygen atoms in total. The smallest absolute Gasteiger partial charge is 0.0443 e. The molecule has 3 atom stereocenters. The lowest BCUT2D eigenvalue weighted by molar-refractivity contribution is 0.644. The van der Waals surface area contributed by atoms with Crippen molar-refractivity contribution in [1.29, 1.82) is 0 Å². The van der Waals surface area contributed by atoms with Gasteiger partial charge < -0.3 is 0 Å². The van der Waals surface area contributed by atoms with Crippen molar-refractivity contribution in [2.45, 2.75) is 44.9 Å². The number of rotatable bonds is 4. The summed E-state index contributed by atoms with van der Waals surface area (Å²) in [5.41, 5.74) is 4.13. The molecule has 1 aliphatic carbocycles. The third-order valence-electron chi connectivity index (χ3n) is 4.88. The van der Waals surface area contributed by atoms with E-state index in [2.05, 4.69) is 69.3 Å². The van der Waals surface area contributed by atoms with Crippen LogP contribution < -0.4 is 0 Å². The summed E-state index contributed by atoms with van der Waals surface area (Å²) in [5, 5.41) is 0.931. The molecule has 3 rings (SSSR count). The molecule has 1 fully saturated rings. The van der Waals surface area contributed by atoms with E-state index < -0.39 is 0 Å². The highest BCUT2D eigenvalue weighted by Crippen LogP contribution is 2.55. The van der Waals surface area contributed by atoms with Gasteiger partial charge in [-0.15, -0.1) is 0 Å². The lowest BCUT2D eigenvalue weighted by Crippen LogP contribution is -1.98.